The Balaban J connectivity index is 2.55. The topological polar surface area (TPSA) is 81.1 Å². The Hall–Kier alpha value is -1.56. The SMILES string of the molecule is C=CCN(CC(=O)O)C(=O)N1CCC(CO)CC1. The lowest BCUT2D eigenvalue weighted by Gasteiger charge is -2.34. The molecule has 0 aromatic carbocycles. The van der Waals surface area contributed by atoms with Gasteiger partial charge in [0.05, 0.1) is 0 Å². The molecule has 0 spiro atoms. The predicted octanol–water partition coefficient (Wildman–Crippen LogP) is 0.383. The van der Waals surface area contributed by atoms with Gasteiger partial charge in [0.15, 0.2) is 0 Å². The second-order valence-electron chi connectivity index (χ2n) is 4.46. The minimum absolute atomic E-state index is 0.146. The number of carboxylic acids is 1. The van der Waals surface area contributed by atoms with E-state index in [2.05, 4.69) is 6.58 Å². The Bertz CT molecular complexity index is 311. The molecule has 18 heavy (non-hydrogen) atoms. The fourth-order valence-corrected chi connectivity index (χ4v) is 2.04. The summed E-state index contributed by atoms with van der Waals surface area (Å²) < 4.78 is 0. The van der Waals surface area contributed by atoms with E-state index < -0.39 is 5.97 Å². The molecule has 2 N–H and O–H groups in total. The highest BCUT2D eigenvalue weighted by Crippen LogP contribution is 2.17. The fraction of sp³-hybridized carbons (Fsp3) is 0.667. The number of hydrogen-bond acceptors (Lipinski definition) is 3. The number of aliphatic hydroxyl groups is 1. The summed E-state index contributed by atoms with van der Waals surface area (Å²) in [5, 5.41) is 17.8. The molecule has 0 unspecified atom stereocenters. The maximum atomic E-state index is 12.1. The molecule has 0 aromatic heterocycles. The quantitative estimate of drug-likeness (QED) is 0.697. The summed E-state index contributed by atoms with van der Waals surface area (Å²) in [5.41, 5.74) is 0. The van der Waals surface area contributed by atoms with Crippen molar-refractivity contribution >= 4 is 12.0 Å². The first-order chi connectivity index (χ1) is 8.58. The Kier molecular flexibility index (Phi) is 5.64. The number of nitrogens with zero attached hydrogens (tertiary/aromatic N) is 2. The molecule has 1 aliphatic rings. The Morgan fingerprint density at radius 1 is 1.39 bits per heavy atom. The van der Waals surface area contributed by atoms with Crippen molar-refractivity contribution in [3.63, 3.8) is 0 Å². The summed E-state index contributed by atoms with van der Waals surface area (Å²) in [6.07, 6.45) is 3.04. The molecule has 0 bridgehead atoms. The summed E-state index contributed by atoms with van der Waals surface area (Å²) in [4.78, 5) is 25.7. The van der Waals surface area contributed by atoms with E-state index in [1.165, 1.54) is 11.0 Å². The third-order valence-electron chi connectivity index (χ3n) is 3.09. The smallest absolute Gasteiger partial charge is 0.323 e. The van der Waals surface area contributed by atoms with E-state index in [0.717, 1.165) is 12.8 Å². The number of carbonyl (C=O) groups is 2. The predicted molar refractivity (Wildman–Crippen MR) is 66.2 cm³/mol. The number of rotatable bonds is 5. The number of amides is 2. The Labute approximate surface area is 106 Å². The van der Waals surface area contributed by atoms with Gasteiger partial charge in [-0.2, -0.15) is 0 Å². The molecule has 0 saturated carbocycles. The maximum Gasteiger partial charge on any atom is 0.323 e. The molecule has 102 valence electrons. The van der Waals surface area contributed by atoms with Gasteiger partial charge in [-0.1, -0.05) is 6.08 Å². The molecular weight excluding hydrogens is 236 g/mol. The largest absolute Gasteiger partial charge is 0.480 e. The van der Waals surface area contributed by atoms with Crippen LogP contribution in [0.4, 0.5) is 4.79 Å². The molecule has 1 heterocycles. The molecule has 0 aliphatic carbocycles. The number of carboxylic acid groups (broad SMARTS) is 1. The number of hydrogen-bond donors (Lipinski definition) is 2. The van der Waals surface area contributed by atoms with Crippen LogP contribution >= 0.6 is 0 Å². The van der Waals surface area contributed by atoms with Gasteiger partial charge >= 0.3 is 12.0 Å². The number of aliphatic carboxylic acids is 1. The van der Waals surface area contributed by atoms with Crippen molar-refractivity contribution in [3.05, 3.63) is 12.7 Å². The van der Waals surface area contributed by atoms with E-state index in [4.69, 9.17) is 10.2 Å². The van der Waals surface area contributed by atoms with E-state index >= 15 is 0 Å². The molecular formula is C12H20N2O4. The molecule has 2 amide bonds. The van der Waals surface area contributed by atoms with E-state index in [0.29, 0.717) is 13.1 Å². The fourth-order valence-electron chi connectivity index (χ4n) is 2.04. The van der Waals surface area contributed by atoms with Gasteiger partial charge < -0.3 is 20.0 Å². The monoisotopic (exact) mass is 256 g/mol. The lowest BCUT2D eigenvalue weighted by Crippen LogP contribution is -2.48. The van der Waals surface area contributed by atoms with Crippen molar-refractivity contribution in [2.75, 3.05) is 32.8 Å². The van der Waals surface area contributed by atoms with Crippen molar-refractivity contribution in [1.29, 1.82) is 0 Å². The van der Waals surface area contributed by atoms with Crippen LogP contribution in [0.15, 0.2) is 12.7 Å². The zero-order chi connectivity index (χ0) is 13.5. The Morgan fingerprint density at radius 2 is 2.00 bits per heavy atom. The highest BCUT2D eigenvalue weighted by atomic mass is 16.4. The summed E-state index contributed by atoms with van der Waals surface area (Å²) >= 11 is 0. The molecule has 1 rings (SSSR count). The summed E-state index contributed by atoms with van der Waals surface area (Å²) in [6, 6.07) is -0.270. The van der Waals surface area contributed by atoms with Crippen LogP contribution in [0.5, 0.6) is 0 Å². The van der Waals surface area contributed by atoms with Gasteiger partial charge in [-0.05, 0) is 18.8 Å². The van der Waals surface area contributed by atoms with Gasteiger partial charge in [-0.15, -0.1) is 6.58 Å². The summed E-state index contributed by atoms with van der Waals surface area (Å²) in [7, 11) is 0. The zero-order valence-electron chi connectivity index (χ0n) is 10.4. The lowest BCUT2D eigenvalue weighted by atomic mass is 9.98. The first-order valence-corrected chi connectivity index (χ1v) is 6.06. The van der Waals surface area contributed by atoms with E-state index in [1.54, 1.807) is 4.90 Å². The molecule has 1 aliphatic heterocycles. The number of carbonyl (C=O) groups excluding carboxylic acids is 1. The minimum atomic E-state index is -1.03. The molecule has 1 saturated heterocycles. The van der Waals surface area contributed by atoms with Crippen LogP contribution in [-0.2, 0) is 4.79 Å². The number of aliphatic hydroxyl groups excluding tert-OH is 1. The first-order valence-electron chi connectivity index (χ1n) is 6.06. The molecule has 6 nitrogen and oxygen atoms in total. The second-order valence-corrected chi connectivity index (χ2v) is 4.46. The first kappa shape index (κ1) is 14.5. The van der Waals surface area contributed by atoms with Gasteiger partial charge in [0.2, 0.25) is 0 Å². The molecule has 0 radical (unpaired) electrons. The van der Waals surface area contributed by atoms with Crippen LogP contribution in [0.3, 0.4) is 0 Å². The average Bonchev–Trinajstić information content (AvgIpc) is 2.37. The van der Waals surface area contributed by atoms with Crippen LogP contribution in [0, 0.1) is 5.92 Å². The summed E-state index contributed by atoms with van der Waals surface area (Å²) in [5.74, 6) is -0.781. The number of likely N-dealkylation sites (tertiary alicyclic amines) is 1. The molecule has 1 fully saturated rings. The van der Waals surface area contributed by atoms with Gasteiger partial charge in [-0.3, -0.25) is 4.79 Å². The van der Waals surface area contributed by atoms with Gasteiger partial charge in [0.1, 0.15) is 6.54 Å². The third kappa shape index (κ3) is 4.03. The maximum absolute atomic E-state index is 12.1. The number of urea groups is 1. The second kappa shape index (κ2) is 7.00. The highest BCUT2D eigenvalue weighted by Gasteiger charge is 2.26. The third-order valence-corrected chi connectivity index (χ3v) is 3.09. The zero-order valence-corrected chi connectivity index (χ0v) is 10.4. The van der Waals surface area contributed by atoms with Crippen LogP contribution in [-0.4, -0.2) is 64.8 Å². The van der Waals surface area contributed by atoms with Gasteiger partial charge in [0.25, 0.3) is 0 Å². The van der Waals surface area contributed by atoms with Gasteiger partial charge in [0, 0.05) is 26.2 Å². The van der Waals surface area contributed by atoms with Crippen molar-refractivity contribution in [2.24, 2.45) is 5.92 Å². The lowest BCUT2D eigenvalue weighted by molar-refractivity contribution is -0.137. The van der Waals surface area contributed by atoms with E-state index in [9.17, 15) is 9.59 Å². The van der Waals surface area contributed by atoms with Crippen molar-refractivity contribution < 1.29 is 19.8 Å². The van der Waals surface area contributed by atoms with E-state index in [1.807, 2.05) is 0 Å². The standard InChI is InChI=1S/C12H20N2O4/c1-2-5-14(8-11(16)17)12(18)13-6-3-10(9-15)4-7-13/h2,10,15H,1,3-9H2,(H,16,17). The van der Waals surface area contributed by atoms with Crippen molar-refractivity contribution in [3.8, 4) is 0 Å². The van der Waals surface area contributed by atoms with Crippen molar-refractivity contribution in [1.82, 2.24) is 9.80 Å². The molecule has 0 atom stereocenters. The average molecular weight is 256 g/mol. The Morgan fingerprint density at radius 3 is 2.44 bits per heavy atom. The van der Waals surface area contributed by atoms with E-state index in [-0.39, 0.29) is 31.6 Å². The molecule has 0 aromatic rings. The van der Waals surface area contributed by atoms with Crippen LogP contribution in [0.2, 0.25) is 0 Å². The highest BCUT2D eigenvalue weighted by molar-refractivity contribution is 5.80. The van der Waals surface area contributed by atoms with Crippen LogP contribution in [0.1, 0.15) is 12.8 Å². The van der Waals surface area contributed by atoms with Gasteiger partial charge in [-0.25, -0.2) is 4.79 Å². The minimum Gasteiger partial charge on any atom is -0.480 e. The van der Waals surface area contributed by atoms with Crippen LogP contribution < -0.4 is 0 Å². The number of piperidine rings is 1. The van der Waals surface area contributed by atoms with Crippen LogP contribution in [0.25, 0.3) is 0 Å². The molecule has 6 heteroatoms. The van der Waals surface area contributed by atoms with Crippen molar-refractivity contribution in [2.45, 2.75) is 12.8 Å². The normalized spacial score (nSPS) is 16.4. The summed E-state index contributed by atoms with van der Waals surface area (Å²) in [6.45, 7) is 4.71.